The van der Waals surface area contributed by atoms with Crippen molar-refractivity contribution in [2.75, 3.05) is 11.9 Å². The number of benzene rings is 1. The van der Waals surface area contributed by atoms with Gasteiger partial charge in [0, 0.05) is 23.6 Å². The quantitative estimate of drug-likeness (QED) is 0.808. The molecule has 0 unspecified atom stereocenters. The lowest BCUT2D eigenvalue weighted by atomic mass is 10.1. The minimum Gasteiger partial charge on any atom is -0.493 e. The van der Waals surface area contributed by atoms with Crippen molar-refractivity contribution in [3.05, 3.63) is 41.6 Å². The highest BCUT2D eigenvalue weighted by atomic mass is 32.2. The van der Waals surface area contributed by atoms with E-state index in [1.807, 2.05) is 26.0 Å². The molecule has 1 aliphatic rings. The Morgan fingerprint density at radius 2 is 2.20 bits per heavy atom. The Bertz CT molecular complexity index is 866. The van der Waals surface area contributed by atoms with Crippen molar-refractivity contribution in [1.29, 1.82) is 0 Å². The lowest BCUT2D eigenvalue weighted by Crippen LogP contribution is -2.18. The number of ether oxygens (including phenoxy) is 2. The number of aromatic amines is 1. The number of fused-ring (bicyclic) bond motifs is 1. The second-order valence-electron chi connectivity index (χ2n) is 5.97. The summed E-state index contributed by atoms with van der Waals surface area (Å²) in [5.41, 5.74) is 2.13. The molecular formula is C17H22N3O4S+. The van der Waals surface area contributed by atoms with Gasteiger partial charge in [-0.05, 0) is 32.0 Å². The summed E-state index contributed by atoms with van der Waals surface area (Å²) >= 11 is 0. The molecule has 8 heteroatoms. The number of H-pyrrole nitrogens is 1. The molecule has 0 fully saturated rings. The van der Waals surface area contributed by atoms with Crippen LogP contribution in [0.4, 0.5) is 5.82 Å². The maximum atomic E-state index is 11.3. The number of rotatable bonds is 6. The zero-order chi connectivity index (χ0) is 18.0. The fourth-order valence-corrected chi connectivity index (χ4v) is 3.28. The van der Waals surface area contributed by atoms with Crippen LogP contribution < -0.4 is 24.9 Å². The summed E-state index contributed by atoms with van der Waals surface area (Å²) in [7, 11) is -3.71. The topological polar surface area (TPSA) is 105 Å². The van der Waals surface area contributed by atoms with Crippen molar-refractivity contribution >= 4 is 15.8 Å². The summed E-state index contributed by atoms with van der Waals surface area (Å²) < 4.78 is 34.1. The number of hydrogen-bond acceptors (Lipinski definition) is 5. The highest BCUT2D eigenvalue weighted by molar-refractivity contribution is 7.89. The van der Waals surface area contributed by atoms with E-state index in [9.17, 15) is 8.42 Å². The number of aromatic nitrogens is 1. The first-order valence-electron chi connectivity index (χ1n) is 8.10. The molecule has 0 spiro atoms. The van der Waals surface area contributed by atoms with E-state index in [-0.39, 0.29) is 11.0 Å². The summed E-state index contributed by atoms with van der Waals surface area (Å²) in [6.45, 7) is 5.08. The van der Waals surface area contributed by atoms with Crippen molar-refractivity contribution < 1.29 is 22.9 Å². The third-order valence-electron chi connectivity index (χ3n) is 3.96. The number of primary sulfonamides is 1. The van der Waals surface area contributed by atoms with Crippen molar-refractivity contribution in [3.63, 3.8) is 0 Å². The normalized spacial score (nSPS) is 16.2. The third-order valence-corrected chi connectivity index (χ3v) is 4.87. The van der Waals surface area contributed by atoms with E-state index in [2.05, 4.69) is 10.3 Å². The monoisotopic (exact) mass is 364 g/mol. The van der Waals surface area contributed by atoms with Gasteiger partial charge in [0.15, 0.2) is 0 Å². The lowest BCUT2D eigenvalue weighted by Gasteiger charge is -2.11. The summed E-state index contributed by atoms with van der Waals surface area (Å²) in [5, 5.41) is 8.30. The lowest BCUT2D eigenvalue weighted by molar-refractivity contribution is -0.364. The maximum Gasteiger partial charge on any atom is 0.272 e. The Hall–Kier alpha value is -2.32. The van der Waals surface area contributed by atoms with E-state index >= 15 is 0 Å². The number of anilines is 1. The molecule has 134 valence electrons. The van der Waals surface area contributed by atoms with Crippen LogP contribution in [0, 0.1) is 0 Å². The Labute approximate surface area is 147 Å². The van der Waals surface area contributed by atoms with Crippen LogP contribution in [0.2, 0.25) is 0 Å². The molecule has 3 rings (SSSR count). The van der Waals surface area contributed by atoms with E-state index in [0.717, 1.165) is 29.0 Å². The predicted octanol–water partition coefficient (Wildman–Crippen LogP) is 1.48. The first-order valence-corrected chi connectivity index (χ1v) is 9.65. The molecule has 1 atom stereocenters. The van der Waals surface area contributed by atoms with E-state index in [4.69, 9.17) is 14.6 Å². The van der Waals surface area contributed by atoms with Crippen LogP contribution in [0.15, 0.2) is 35.4 Å². The molecule has 0 aliphatic carbocycles. The summed E-state index contributed by atoms with van der Waals surface area (Å²) in [6.07, 6.45) is 2.41. The van der Waals surface area contributed by atoms with Crippen LogP contribution in [0.1, 0.15) is 25.0 Å². The standard InChI is InChI=1S/C17H21N3O4S/c1-3-23-15-7-12-6-11(2)24-16(12)8-13(15)9-19-17-5-4-14(10-20-17)25(18,21)22/h4-5,7-8,10-11H,3,6,9H2,1-2H3,(H,19,20)(H2,18,21,22)/p+1/t11-/m1/s1. The van der Waals surface area contributed by atoms with Crippen LogP contribution in [0.25, 0.3) is 0 Å². The van der Waals surface area contributed by atoms with Gasteiger partial charge in [0.1, 0.15) is 35.2 Å². The Balaban J connectivity index is 1.77. The van der Waals surface area contributed by atoms with Gasteiger partial charge in [0.25, 0.3) is 5.82 Å². The molecule has 0 bridgehead atoms. The van der Waals surface area contributed by atoms with Crippen molar-refractivity contribution in [1.82, 2.24) is 0 Å². The SMILES string of the molecule is CCOc1cc2c(cc1CNc1ccc(S(N)(=O)=O)c[nH+]1)O[C@H](C)C2. The Morgan fingerprint density at radius 1 is 1.40 bits per heavy atom. The first-order chi connectivity index (χ1) is 11.9. The smallest absolute Gasteiger partial charge is 0.272 e. The van der Waals surface area contributed by atoms with Gasteiger partial charge in [-0.25, -0.2) is 18.5 Å². The summed E-state index contributed by atoms with van der Waals surface area (Å²) in [6, 6.07) is 7.11. The highest BCUT2D eigenvalue weighted by Gasteiger charge is 2.22. The van der Waals surface area contributed by atoms with Crippen LogP contribution in [-0.2, 0) is 23.0 Å². The number of nitrogens with two attached hydrogens (primary N) is 1. The number of hydrogen-bond donors (Lipinski definition) is 2. The van der Waals surface area contributed by atoms with Crippen molar-refractivity contribution in [2.24, 2.45) is 5.14 Å². The van der Waals surface area contributed by atoms with E-state index in [0.29, 0.717) is 19.0 Å². The molecule has 0 radical (unpaired) electrons. The molecular weight excluding hydrogens is 342 g/mol. The summed E-state index contributed by atoms with van der Waals surface area (Å²) in [4.78, 5) is 2.92. The summed E-state index contributed by atoms with van der Waals surface area (Å²) in [5.74, 6) is 2.39. The molecule has 0 saturated carbocycles. The average Bonchev–Trinajstić information content (AvgIpc) is 2.91. The zero-order valence-corrected chi connectivity index (χ0v) is 15.0. The molecule has 25 heavy (non-hydrogen) atoms. The van der Waals surface area contributed by atoms with Gasteiger partial charge in [0.2, 0.25) is 10.0 Å². The fraction of sp³-hybridized carbons (Fsp3) is 0.353. The van der Waals surface area contributed by atoms with Gasteiger partial charge < -0.3 is 9.47 Å². The molecule has 0 saturated heterocycles. The largest absolute Gasteiger partial charge is 0.493 e. The highest BCUT2D eigenvalue weighted by Crippen LogP contribution is 2.35. The van der Waals surface area contributed by atoms with Crippen molar-refractivity contribution in [3.8, 4) is 11.5 Å². The van der Waals surface area contributed by atoms with Crippen molar-refractivity contribution in [2.45, 2.75) is 37.8 Å². The van der Waals surface area contributed by atoms with E-state index < -0.39 is 10.0 Å². The molecule has 2 aromatic rings. The number of nitrogens with one attached hydrogen (secondary N) is 2. The molecule has 1 aliphatic heterocycles. The molecule has 4 N–H and O–H groups in total. The minimum atomic E-state index is -3.71. The van der Waals surface area contributed by atoms with Gasteiger partial charge in [-0.1, -0.05) is 0 Å². The molecule has 7 nitrogen and oxygen atoms in total. The average molecular weight is 364 g/mol. The van der Waals surface area contributed by atoms with Gasteiger partial charge in [-0.2, -0.15) is 0 Å². The molecule has 2 heterocycles. The van der Waals surface area contributed by atoms with Crippen LogP contribution in [0.5, 0.6) is 11.5 Å². The minimum absolute atomic E-state index is 0.0352. The first kappa shape index (κ1) is 17.5. The second kappa shape index (κ2) is 6.89. The van der Waals surface area contributed by atoms with Gasteiger partial charge in [-0.3, -0.25) is 5.32 Å². The molecule has 0 amide bonds. The van der Waals surface area contributed by atoms with Crippen LogP contribution >= 0.6 is 0 Å². The molecule has 1 aromatic heterocycles. The van der Waals surface area contributed by atoms with Crippen LogP contribution in [0.3, 0.4) is 0 Å². The third kappa shape index (κ3) is 4.02. The van der Waals surface area contributed by atoms with E-state index in [1.165, 1.54) is 12.3 Å². The molecule has 1 aromatic carbocycles. The Morgan fingerprint density at radius 3 is 2.84 bits per heavy atom. The second-order valence-corrected chi connectivity index (χ2v) is 7.53. The maximum absolute atomic E-state index is 11.3. The number of pyridine rings is 1. The zero-order valence-electron chi connectivity index (χ0n) is 14.2. The predicted molar refractivity (Wildman–Crippen MR) is 93.1 cm³/mol. The Kier molecular flexibility index (Phi) is 4.82. The fourth-order valence-electron chi connectivity index (χ4n) is 2.80. The number of sulfonamides is 1. The van der Waals surface area contributed by atoms with Crippen LogP contribution in [-0.4, -0.2) is 21.1 Å². The van der Waals surface area contributed by atoms with E-state index in [1.54, 1.807) is 6.07 Å². The van der Waals surface area contributed by atoms with Gasteiger partial charge in [-0.15, -0.1) is 0 Å². The van der Waals surface area contributed by atoms with Gasteiger partial charge in [0.05, 0.1) is 6.61 Å². The van der Waals surface area contributed by atoms with Gasteiger partial charge >= 0.3 is 0 Å².